The van der Waals surface area contributed by atoms with E-state index >= 15 is 0 Å². The van der Waals surface area contributed by atoms with Crippen LogP contribution in [-0.2, 0) is 19.6 Å². The van der Waals surface area contributed by atoms with Crippen molar-refractivity contribution < 1.29 is 22.7 Å². The molecule has 1 unspecified atom stereocenters. The van der Waals surface area contributed by atoms with Crippen LogP contribution < -0.4 is 5.32 Å². The SMILES string of the molecule is CC(NC(=O)COC(=O)c1cccc(S(=O)(=O)N2CCCC2)c1)c1cccc2ccccc12. The van der Waals surface area contributed by atoms with E-state index in [2.05, 4.69) is 5.32 Å². The highest BCUT2D eigenvalue weighted by atomic mass is 32.2. The molecule has 1 aliphatic heterocycles. The summed E-state index contributed by atoms with van der Waals surface area (Å²) in [5, 5.41) is 4.97. The van der Waals surface area contributed by atoms with Gasteiger partial charge < -0.3 is 10.1 Å². The van der Waals surface area contributed by atoms with Crippen molar-refractivity contribution in [3.63, 3.8) is 0 Å². The highest BCUT2D eigenvalue weighted by Crippen LogP contribution is 2.24. The Hall–Kier alpha value is -3.23. The molecule has 0 saturated carbocycles. The number of nitrogens with one attached hydrogen (secondary N) is 1. The largest absolute Gasteiger partial charge is 0.452 e. The summed E-state index contributed by atoms with van der Waals surface area (Å²) in [6.07, 6.45) is 1.65. The van der Waals surface area contributed by atoms with Crippen molar-refractivity contribution in [2.75, 3.05) is 19.7 Å². The van der Waals surface area contributed by atoms with E-state index in [1.165, 1.54) is 28.6 Å². The number of hydrogen-bond acceptors (Lipinski definition) is 5. The van der Waals surface area contributed by atoms with Crippen molar-refractivity contribution >= 4 is 32.7 Å². The molecule has 1 amide bonds. The van der Waals surface area contributed by atoms with Gasteiger partial charge in [-0.05, 0) is 54.3 Å². The molecule has 0 radical (unpaired) electrons. The van der Waals surface area contributed by atoms with Crippen molar-refractivity contribution in [3.8, 4) is 0 Å². The molecule has 172 valence electrons. The molecule has 4 rings (SSSR count). The highest BCUT2D eigenvalue weighted by molar-refractivity contribution is 7.89. The maximum Gasteiger partial charge on any atom is 0.338 e. The Morgan fingerprint density at radius 1 is 1.00 bits per heavy atom. The zero-order valence-corrected chi connectivity index (χ0v) is 19.2. The lowest BCUT2D eigenvalue weighted by Crippen LogP contribution is -2.31. The van der Waals surface area contributed by atoms with Crippen LogP contribution in [0.15, 0.2) is 71.6 Å². The third-order valence-electron chi connectivity index (χ3n) is 5.77. The zero-order valence-electron chi connectivity index (χ0n) is 18.4. The number of fused-ring (bicyclic) bond motifs is 1. The summed E-state index contributed by atoms with van der Waals surface area (Å²) in [6, 6.07) is 19.3. The first-order valence-corrected chi connectivity index (χ1v) is 12.3. The Kier molecular flexibility index (Phi) is 6.76. The summed E-state index contributed by atoms with van der Waals surface area (Å²) in [5.41, 5.74) is 1.05. The van der Waals surface area contributed by atoms with E-state index in [1.807, 2.05) is 49.4 Å². The maximum atomic E-state index is 12.7. The van der Waals surface area contributed by atoms with Gasteiger partial charge in [-0.2, -0.15) is 4.31 Å². The summed E-state index contributed by atoms with van der Waals surface area (Å²) in [5.74, 6) is -1.19. The number of esters is 1. The molecule has 3 aromatic carbocycles. The fourth-order valence-corrected chi connectivity index (χ4v) is 5.63. The summed E-state index contributed by atoms with van der Waals surface area (Å²) >= 11 is 0. The number of rotatable bonds is 7. The number of nitrogens with zero attached hydrogens (tertiary/aromatic N) is 1. The van der Waals surface area contributed by atoms with E-state index in [4.69, 9.17) is 4.74 Å². The third kappa shape index (κ3) is 5.07. The molecule has 8 heteroatoms. The van der Waals surface area contributed by atoms with Crippen molar-refractivity contribution in [3.05, 3.63) is 77.9 Å². The fourth-order valence-electron chi connectivity index (χ4n) is 4.06. The Morgan fingerprint density at radius 2 is 1.70 bits per heavy atom. The van der Waals surface area contributed by atoms with Gasteiger partial charge in [-0.1, -0.05) is 48.5 Å². The van der Waals surface area contributed by atoms with E-state index in [0.29, 0.717) is 13.1 Å². The molecule has 0 spiro atoms. The zero-order chi connectivity index (χ0) is 23.4. The monoisotopic (exact) mass is 466 g/mol. The number of benzene rings is 3. The topological polar surface area (TPSA) is 92.8 Å². The Bertz CT molecular complexity index is 1280. The first-order valence-electron chi connectivity index (χ1n) is 10.9. The van der Waals surface area contributed by atoms with E-state index in [9.17, 15) is 18.0 Å². The number of carbonyl (C=O) groups excluding carboxylic acids is 2. The summed E-state index contributed by atoms with van der Waals surface area (Å²) < 4.78 is 32.0. The van der Waals surface area contributed by atoms with Gasteiger partial charge in [0.1, 0.15) is 0 Å². The Balaban J connectivity index is 1.38. The fraction of sp³-hybridized carbons (Fsp3) is 0.280. The van der Waals surface area contributed by atoms with E-state index in [1.54, 1.807) is 0 Å². The Morgan fingerprint density at radius 3 is 2.48 bits per heavy atom. The summed E-state index contributed by atoms with van der Waals surface area (Å²) in [4.78, 5) is 24.9. The van der Waals surface area contributed by atoms with Crippen molar-refractivity contribution in [1.29, 1.82) is 0 Å². The van der Waals surface area contributed by atoms with Crippen LogP contribution in [0.25, 0.3) is 10.8 Å². The second-order valence-corrected chi connectivity index (χ2v) is 10.0. The predicted molar refractivity (Wildman–Crippen MR) is 125 cm³/mol. The maximum absolute atomic E-state index is 12.7. The molecule has 1 fully saturated rings. The molecule has 3 aromatic rings. The van der Waals surface area contributed by atoms with Gasteiger partial charge in [0, 0.05) is 13.1 Å². The van der Waals surface area contributed by atoms with Crippen LogP contribution in [-0.4, -0.2) is 44.3 Å². The average molecular weight is 467 g/mol. The van der Waals surface area contributed by atoms with E-state index < -0.39 is 28.5 Å². The lowest BCUT2D eigenvalue weighted by molar-refractivity contribution is -0.124. The first kappa shape index (κ1) is 22.9. The van der Waals surface area contributed by atoms with Crippen molar-refractivity contribution in [2.24, 2.45) is 0 Å². The molecule has 33 heavy (non-hydrogen) atoms. The molecule has 0 aliphatic carbocycles. The number of hydrogen-bond donors (Lipinski definition) is 1. The second kappa shape index (κ2) is 9.72. The van der Waals surface area contributed by atoms with Crippen LogP contribution in [0, 0.1) is 0 Å². The van der Waals surface area contributed by atoms with Gasteiger partial charge in [0.25, 0.3) is 5.91 Å². The molecular formula is C25H26N2O5S. The van der Waals surface area contributed by atoms with Gasteiger partial charge in [0.05, 0.1) is 16.5 Å². The lowest BCUT2D eigenvalue weighted by Gasteiger charge is -2.17. The van der Waals surface area contributed by atoms with Gasteiger partial charge in [0.2, 0.25) is 10.0 Å². The molecule has 0 aromatic heterocycles. The lowest BCUT2D eigenvalue weighted by atomic mass is 10.00. The first-order chi connectivity index (χ1) is 15.9. The standard InChI is InChI=1S/C25H26N2O5S/c1-18(22-13-7-9-19-8-2-3-12-23(19)22)26-24(28)17-32-25(29)20-10-6-11-21(16-20)33(30,31)27-14-4-5-15-27/h2-3,6-13,16,18H,4-5,14-15,17H2,1H3,(H,26,28). The van der Waals surface area contributed by atoms with Crippen molar-refractivity contribution in [1.82, 2.24) is 9.62 Å². The summed E-state index contributed by atoms with van der Waals surface area (Å²) in [7, 11) is -3.64. The number of ether oxygens (including phenoxy) is 1. The number of carbonyl (C=O) groups is 2. The summed E-state index contributed by atoms with van der Waals surface area (Å²) in [6.45, 7) is 2.36. The van der Waals surface area contributed by atoms with Gasteiger partial charge >= 0.3 is 5.97 Å². The molecule has 1 N–H and O–H groups in total. The van der Waals surface area contributed by atoms with Gasteiger partial charge in [0.15, 0.2) is 6.61 Å². The van der Waals surface area contributed by atoms with Crippen LogP contribution >= 0.6 is 0 Å². The average Bonchev–Trinajstić information content (AvgIpc) is 3.38. The molecular weight excluding hydrogens is 440 g/mol. The number of sulfonamides is 1. The Labute approximate surface area is 193 Å². The molecule has 1 saturated heterocycles. The number of amides is 1. The normalized spacial score (nSPS) is 15.3. The minimum absolute atomic E-state index is 0.0490. The molecule has 1 aliphatic rings. The predicted octanol–water partition coefficient (Wildman–Crippen LogP) is 3.66. The molecule has 1 atom stereocenters. The third-order valence-corrected chi connectivity index (χ3v) is 7.67. The van der Waals surface area contributed by atoms with Crippen molar-refractivity contribution in [2.45, 2.75) is 30.7 Å². The quantitative estimate of drug-likeness (QED) is 0.537. The van der Waals surface area contributed by atoms with Gasteiger partial charge in [-0.3, -0.25) is 4.79 Å². The smallest absolute Gasteiger partial charge is 0.338 e. The molecule has 0 bridgehead atoms. The molecule has 1 heterocycles. The second-order valence-electron chi connectivity index (χ2n) is 8.07. The van der Waals surface area contributed by atoms with E-state index in [-0.39, 0.29) is 16.5 Å². The van der Waals surface area contributed by atoms with Crippen LogP contribution in [0.4, 0.5) is 0 Å². The van der Waals surface area contributed by atoms with Crippen LogP contribution in [0.2, 0.25) is 0 Å². The minimum Gasteiger partial charge on any atom is -0.452 e. The molecule has 7 nitrogen and oxygen atoms in total. The van der Waals surface area contributed by atoms with Crippen LogP contribution in [0.5, 0.6) is 0 Å². The van der Waals surface area contributed by atoms with Gasteiger partial charge in [-0.15, -0.1) is 0 Å². The van der Waals surface area contributed by atoms with Crippen LogP contribution in [0.3, 0.4) is 0 Å². The highest BCUT2D eigenvalue weighted by Gasteiger charge is 2.27. The van der Waals surface area contributed by atoms with E-state index in [0.717, 1.165) is 29.2 Å². The van der Waals surface area contributed by atoms with Gasteiger partial charge in [-0.25, -0.2) is 13.2 Å². The van der Waals surface area contributed by atoms with Crippen LogP contribution in [0.1, 0.15) is 41.7 Å². The minimum atomic E-state index is -3.64.